The molecule has 82 valence electrons. The lowest BCUT2D eigenvalue weighted by Crippen LogP contribution is -2.30. The first-order valence-corrected chi connectivity index (χ1v) is 6.48. The van der Waals surface area contributed by atoms with Gasteiger partial charge in [-0.2, -0.15) is 0 Å². The zero-order chi connectivity index (χ0) is 11.4. The maximum absolute atomic E-state index is 11.8. The maximum Gasteiger partial charge on any atom is 0.264 e. The van der Waals surface area contributed by atoms with Gasteiger partial charge in [-0.1, -0.05) is 0 Å². The smallest absolute Gasteiger partial charge is 0.264 e. The lowest BCUT2D eigenvalue weighted by atomic mass is 10.3. The Morgan fingerprint density at radius 2 is 2.00 bits per heavy atom. The van der Waals surface area contributed by atoms with Crippen LogP contribution < -0.4 is 4.31 Å². The number of aliphatic hydroxyl groups excluding tert-OH is 1. The average Bonchev–Trinajstić information content (AvgIpc) is 2.55. The van der Waals surface area contributed by atoms with E-state index in [1.165, 1.54) is 25.3 Å². The van der Waals surface area contributed by atoms with Crippen LogP contribution in [-0.4, -0.2) is 25.6 Å². The van der Waals surface area contributed by atoms with Crippen LogP contribution in [0.2, 0.25) is 0 Å². The van der Waals surface area contributed by atoms with Gasteiger partial charge in [0, 0.05) is 7.05 Å². The molecular formula is C8H10N2O3S2. The van der Waals surface area contributed by atoms with Crippen molar-refractivity contribution in [3.63, 3.8) is 0 Å². The summed E-state index contributed by atoms with van der Waals surface area (Å²) in [5.74, 6) is -0.243. The number of sulfonamides is 1. The van der Waals surface area contributed by atoms with Gasteiger partial charge in [0.05, 0.1) is 5.01 Å². The van der Waals surface area contributed by atoms with Crippen molar-refractivity contribution in [1.82, 2.24) is 4.98 Å². The molecule has 0 spiro atoms. The molecule has 0 saturated heterocycles. The molecule has 5 nitrogen and oxygen atoms in total. The quantitative estimate of drug-likeness (QED) is 0.752. The van der Waals surface area contributed by atoms with Crippen molar-refractivity contribution < 1.29 is 13.5 Å². The second kappa shape index (κ2) is 2.96. The van der Waals surface area contributed by atoms with Crippen LogP contribution in [-0.2, 0) is 10.0 Å². The summed E-state index contributed by atoms with van der Waals surface area (Å²) >= 11 is 1.25. The fourth-order valence-electron chi connectivity index (χ4n) is 1.39. The largest absolute Gasteiger partial charge is 0.505 e. The molecule has 0 aromatic carbocycles. The monoisotopic (exact) mass is 246 g/mol. The van der Waals surface area contributed by atoms with Gasteiger partial charge in [-0.3, -0.25) is 4.31 Å². The zero-order valence-electron chi connectivity index (χ0n) is 8.47. The summed E-state index contributed by atoms with van der Waals surface area (Å²) in [6.07, 6.45) is 0. The fraction of sp³-hybridized carbons (Fsp3) is 0.375. The van der Waals surface area contributed by atoms with E-state index in [0.29, 0.717) is 10.7 Å². The molecule has 0 aliphatic carbocycles. The number of aryl methyl sites for hydroxylation is 1. The predicted molar refractivity (Wildman–Crippen MR) is 59.4 cm³/mol. The molecule has 1 aliphatic heterocycles. The van der Waals surface area contributed by atoms with Gasteiger partial charge in [-0.25, -0.2) is 13.4 Å². The number of nitrogens with zero attached hydrogens (tertiary/aromatic N) is 2. The van der Waals surface area contributed by atoms with E-state index in [1.807, 2.05) is 0 Å². The van der Waals surface area contributed by atoms with E-state index < -0.39 is 10.0 Å². The molecule has 7 heteroatoms. The van der Waals surface area contributed by atoms with E-state index in [2.05, 4.69) is 4.98 Å². The van der Waals surface area contributed by atoms with Crippen LogP contribution in [0.5, 0.6) is 0 Å². The van der Waals surface area contributed by atoms with Gasteiger partial charge in [0.1, 0.15) is 15.6 Å². The number of hydrogen-bond donors (Lipinski definition) is 1. The van der Waals surface area contributed by atoms with E-state index in [4.69, 9.17) is 0 Å². The molecule has 2 heterocycles. The Hall–Kier alpha value is -1.08. The van der Waals surface area contributed by atoms with Crippen LogP contribution in [0.25, 0.3) is 5.76 Å². The highest BCUT2D eigenvalue weighted by atomic mass is 32.2. The number of rotatable bonds is 0. The van der Waals surface area contributed by atoms with E-state index in [9.17, 15) is 13.5 Å². The first kappa shape index (κ1) is 10.4. The number of allylic oxidation sites excluding steroid dienone is 1. The molecule has 0 atom stereocenters. The van der Waals surface area contributed by atoms with Crippen molar-refractivity contribution in [2.24, 2.45) is 0 Å². The summed E-state index contributed by atoms with van der Waals surface area (Å²) in [5.41, 5.74) is 0.354. The van der Waals surface area contributed by atoms with Crippen molar-refractivity contribution >= 4 is 32.1 Å². The molecule has 0 fully saturated rings. The second-order valence-corrected chi connectivity index (χ2v) is 6.56. The Bertz CT molecular complexity index is 556. The van der Waals surface area contributed by atoms with Crippen molar-refractivity contribution in [3.05, 3.63) is 15.6 Å². The molecule has 0 unspecified atom stereocenters. The summed E-state index contributed by atoms with van der Waals surface area (Å²) in [6, 6.07) is 0. The minimum atomic E-state index is -3.56. The summed E-state index contributed by atoms with van der Waals surface area (Å²) < 4.78 is 24.7. The number of fused-ring (bicyclic) bond motifs is 1. The Morgan fingerprint density at radius 1 is 1.40 bits per heavy atom. The highest BCUT2D eigenvalue weighted by molar-refractivity contribution is 7.97. The van der Waals surface area contributed by atoms with Gasteiger partial charge in [-0.05, 0) is 13.8 Å². The second-order valence-electron chi connectivity index (χ2n) is 3.26. The Morgan fingerprint density at radius 3 is 2.60 bits per heavy atom. The minimum absolute atomic E-state index is 0.0530. The lowest BCUT2D eigenvalue weighted by molar-refractivity contribution is 0.504. The van der Waals surface area contributed by atoms with Crippen molar-refractivity contribution in [3.8, 4) is 0 Å². The molecule has 0 saturated carbocycles. The summed E-state index contributed by atoms with van der Waals surface area (Å²) in [5, 5.41) is 10.9. The molecule has 2 rings (SSSR count). The van der Waals surface area contributed by atoms with Crippen molar-refractivity contribution in [2.45, 2.75) is 13.8 Å². The van der Waals surface area contributed by atoms with Crippen molar-refractivity contribution in [2.75, 3.05) is 11.4 Å². The number of hydrogen-bond acceptors (Lipinski definition) is 5. The molecular weight excluding hydrogens is 236 g/mol. The lowest BCUT2D eigenvalue weighted by Gasteiger charge is -2.23. The summed E-state index contributed by atoms with van der Waals surface area (Å²) in [6.45, 7) is 3.14. The molecule has 1 aromatic rings. The third-order valence-electron chi connectivity index (χ3n) is 2.31. The summed E-state index contributed by atoms with van der Waals surface area (Å²) in [4.78, 5) is 4.05. The van der Waals surface area contributed by atoms with Crippen LogP contribution in [0, 0.1) is 6.92 Å². The van der Waals surface area contributed by atoms with E-state index in [-0.39, 0.29) is 10.7 Å². The van der Waals surface area contributed by atoms with Crippen LogP contribution in [0.15, 0.2) is 4.91 Å². The standard InChI is InChI=1S/C8H10N2O3S2/c1-4-7(11)6-8(14-5(2)9-6)10(3)15(4,12)13/h11H,1-3H3. The molecule has 0 amide bonds. The Kier molecular flexibility index (Phi) is 2.06. The Balaban J connectivity index is 2.82. The molecule has 1 N–H and O–H groups in total. The van der Waals surface area contributed by atoms with Crippen LogP contribution in [0.3, 0.4) is 0 Å². The predicted octanol–water partition coefficient (Wildman–Crippen LogP) is 1.48. The number of aliphatic hydroxyl groups is 1. The fourth-order valence-corrected chi connectivity index (χ4v) is 3.63. The first-order chi connectivity index (χ1) is 6.85. The van der Waals surface area contributed by atoms with Crippen LogP contribution in [0.1, 0.15) is 17.6 Å². The van der Waals surface area contributed by atoms with Crippen LogP contribution in [0.4, 0.5) is 5.00 Å². The third kappa shape index (κ3) is 1.26. The first-order valence-electron chi connectivity index (χ1n) is 4.22. The molecule has 15 heavy (non-hydrogen) atoms. The number of thiazole rings is 1. The molecule has 0 bridgehead atoms. The normalized spacial score (nSPS) is 19.3. The maximum atomic E-state index is 11.8. The molecule has 1 aliphatic rings. The van der Waals surface area contributed by atoms with Gasteiger partial charge < -0.3 is 5.11 Å². The van der Waals surface area contributed by atoms with Crippen molar-refractivity contribution in [1.29, 1.82) is 0 Å². The van der Waals surface area contributed by atoms with Gasteiger partial charge in [0.2, 0.25) is 0 Å². The van der Waals surface area contributed by atoms with Crippen LogP contribution >= 0.6 is 11.3 Å². The van der Waals surface area contributed by atoms with E-state index in [1.54, 1.807) is 6.92 Å². The highest BCUT2D eigenvalue weighted by Crippen LogP contribution is 2.40. The van der Waals surface area contributed by atoms with E-state index in [0.717, 1.165) is 9.31 Å². The zero-order valence-corrected chi connectivity index (χ0v) is 10.1. The van der Waals surface area contributed by atoms with Gasteiger partial charge in [0.25, 0.3) is 10.0 Å². The molecule has 0 radical (unpaired) electrons. The van der Waals surface area contributed by atoms with Gasteiger partial charge >= 0.3 is 0 Å². The average molecular weight is 246 g/mol. The highest BCUT2D eigenvalue weighted by Gasteiger charge is 2.35. The number of anilines is 1. The summed E-state index contributed by atoms with van der Waals surface area (Å²) in [7, 11) is -2.10. The molecule has 1 aromatic heterocycles. The Labute approximate surface area is 91.7 Å². The minimum Gasteiger partial charge on any atom is -0.505 e. The van der Waals surface area contributed by atoms with E-state index >= 15 is 0 Å². The SMILES string of the molecule is CC1=C(O)c2nc(C)sc2N(C)S1(=O)=O. The van der Waals surface area contributed by atoms with Gasteiger partial charge in [-0.15, -0.1) is 11.3 Å². The van der Waals surface area contributed by atoms with Gasteiger partial charge in [0.15, 0.2) is 5.76 Å². The topological polar surface area (TPSA) is 70.5 Å². The third-order valence-corrected chi connectivity index (χ3v) is 5.34. The number of aromatic nitrogens is 1.